The van der Waals surface area contributed by atoms with Crippen LogP contribution in [0, 0.1) is 6.92 Å². The maximum atomic E-state index is 2.34. The van der Waals surface area contributed by atoms with Gasteiger partial charge in [-0.25, -0.2) is 0 Å². The van der Waals surface area contributed by atoms with Crippen LogP contribution in [0.3, 0.4) is 0 Å². The second kappa shape index (κ2) is 8.38. The molecule has 1 rings (SSSR count). The molecule has 0 heteroatoms. The Kier molecular flexibility index (Phi) is 9.22. The van der Waals surface area contributed by atoms with E-state index in [1.807, 2.05) is 13.8 Å². The molecule has 0 bridgehead atoms. The number of benzene rings is 1. The van der Waals surface area contributed by atoms with Gasteiger partial charge in [0.25, 0.3) is 0 Å². The van der Waals surface area contributed by atoms with E-state index in [2.05, 4.69) is 52.8 Å². The summed E-state index contributed by atoms with van der Waals surface area (Å²) in [5, 5.41) is 0. The molecule has 1 aromatic rings. The van der Waals surface area contributed by atoms with Crippen molar-refractivity contribution in [2.75, 3.05) is 0 Å². The Balaban J connectivity index is 0. The largest absolute Gasteiger partial charge is 0.0776 e. The lowest BCUT2D eigenvalue weighted by Gasteiger charge is -2.12. The van der Waals surface area contributed by atoms with Crippen molar-refractivity contribution in [1.29, 1.82) is 0 Å². The fourth-order valence-corrected chi connectivity index (χ4v) is 1.51. The van der Waals surface area contributed by atoms with Gasteiger partial charge in [0, 0.05) is 0 Å². The quantitative estimate of drug-likeness (QED) is 0.584. The van der Waals surface area contributed by atoms with Gasteiger partial charge in [0.05, 0.1) is 0 Å². The van der Waals surface area contributed by atoms with Gasteiger partial charge in [-0.05, 0) is 29.9 Å². The molecule has 0 aliphatic rings. The van der Waals surface area contributed by atoms with Gasteiger partial charge in [-0.3, -0.25) is 0 Å². The van der Waals surface area contributed by atoms with Gasteiger partial charge >= 0.3 is 0 Å². The summed E-state index contributed by atoms with van der Waals surface area (Å²) >= 11 is 0. The van der Waals surface area contributed by atoms with Crippen LogP contribution < -0.4 is 0 Å². The molecule has 0 nitrogen and oxygen atoms in total. The molecule has 1 aromatic carbocycles. The second-order valence-electron chi connectivity index (χ2n) is 4.49. The number of hydrogen-bond donors (Lipinski definition) is 0. The van der Waals surface area contributed by atoms with E-state index >= 15 is 0 Å². The molecule has 0 amide bonds. The van der Waals surface area contributed by atoms with Crippen molar-refractivity contribution >= 4 is 0 Å². The van der Waals surface area contributed by atoms with Gasteiger partial charge in [0.15, 0.2) is 0 Å². The normalized spacial score (nSPS) is 9.56. The molecule has 0 radical (unpaired) electrons. The first-order chi connectivity index (χ1) is 7.00. The summed E-state index contributed by atoms with van der Waals surface area (Å²) in [6, 6.07) is 6.91. The summed E-state index contributed by atoms with van der Waals surface area (Å²) < 4.78 is 0. The second-order valence-corrected chi connectivity index (χ2v) is 4.49. The molecular formula is C16H30. The molecule has 94 valence electrons. The summed E-state index contributed by atoms with van der Waals surface area (Å²) in [5.41, 5.74) is 4.31. The predicted molar refractivity (Wildman–Crippen MR) is 77.4 cm³/mol. The lowest BCUT2D eigenvalue weighted by molar-refractivity contribution is 0.831. The van der Waals surface area contributed by atoms with Gasteiger partial charge in [-0.15, -0.1) is 0 Å². The Labute approximate surface area is 103 Å². The highest BCUT2D eigenvalue weighted by Crippen LogP contribution is 2.22. The van der Waals surface area contributed by atoms with Crippen molar-refractivity contribution in [3.8, 4) is 0 Å². The van der Waals surface area contributed by atoms with Crippen LogP contribution in [0.4, 0.5) is 0 Å². The van der Waals surface area contributed by atoms with E-state index in [0.717, 1.165) is 0 Å². The van der Waals surface area contributed by atoms with Crippen molar-refractivity contribution in [2.24, 2.45) is 0 Å². The van der Waals surface area contributed by atoms with Gasteiger partial charge in [-0.2, -0.15) is 0 Å². The predicted octanol–water partition coefficient (Wildman–Crippen LogP) is 5.90. The van der Waals surface area contributed by atoms with Gasteiger partial charge in [-0.1, -0.05) is 72.7 Å². The smallest absolute Gasteiger partial charge is 0.0219 e. The maximum absolute atomic E-state index is 2.34. The van der Waals surface area contributed by atoms with Crippen molar-refractivity contribution in [3.63, 3.8) is 0 Å². The van der Waals surface area contributed by atoms with Crippen LogP contribution in [-0.4, -0.2) is 0 Å². The van der Waals surface area contributed by atoms with E-state index in [1.54, 1.807) is 0 Å². The Morgan fingerprint density at radius 1 is 0.750 bits per heavy atom. The fourth-order valence-electron chi connectivity index (χ4n) is 1.51. The minimum atomic E-state index is 0. The van der Waals surface area contributed by atoms with Crippen LogP contribution in [-0.2, 0) is 0 Å². The zero-order valence-corrected chi connectivity index (χ0v) is 11.4. The highest BCUT2D eigenvalue weighted by molar-refractivity contribution is 5.32. The Morgan fingerprint density at radius 3 is 1.31 bits per heavy atom. The van der Waals surface area contributed by atoms with E-state index in [9.17, 15) is 0 Å². The first-order valence-corrected chi connectivity index (χ1v) is 6.12. The maximum Gasteiger partial charge on any atom is -0.0219 e. The van der Waals surface area contributed by atoms with Crippen molar-refractivity contribution in [1.82, 2.24) is 0 Å². The third-order valence-electron chi connectivity index (χ3n) is 2.46. The molecule has 0 unspecified atom stereocenters. The highest BCUT2D eigenvalue weighted by atomic mass is 14.1. The van der Waals surface area contributed by atoms with Gasteiger partial charge in [0.2, 0.25) is 0 Å². The average molecular weight is 222 g/mol. The van der Waals surface area contributed by atoms with Crippen LogP contribution in [0.2, 0.25) is 0 Å². The van der Waals surface area contributed by atoms with Crippen LogP contribution >= 0.6 is 0 Å². The Morgan fingerprint density at radius 2 is 1.06 bits per heavy atom. The van der Waals surface area contributed by atoms with E-state index < -0.39 is 0 Å². The van der Waals surface area contributed by atoms with Crippen LogP contribution in [0.5, 0.6) is 0 Å². The summed E-state index contributed by atoms with van der Waals surface area (Å²) in [7, 11) is 0. The van der Waals surface area contributed by atoms with Crippen molar-refractivity contribution < 1.29 is 0 Å². The Bertz CT molecular complexity index is 256. The minimum Gasteiger partial charge on any atom is -0.0776 e. The van der Waals surface area contributed by atoms with Gasteiger partial charge in [0.1, 0.15) is 0 Å². The number of hydrogen-bond acceptors (Lipinski definition) is 0. The zero-order chi connectivity index (χ0) is 12.0. The molecule has 0 saturated carbocycles. The third-order valence-corrected chi connectivity index (χ3v) is 2.46. The monoisotopic (exact) mass is 222 g/mol. The molecular weight excluding hydrogens is 192 g/mol. The summed E-state index contributed by atoms with van der Waals surface area (Å²) in [6.45, 7) is 15.2. The lowest BCUT2D eigenvalue weighted by atomic mass is 9.94. The molecule has 0 N–H and O–H groups in total. The zero-order valence-electron chi connectivity index (χ0n) is 11.4. The molecule has 0 fully saturated rings. The SMILES string of the molecule is C.CC.Cc1cc(C(C)C)cc(C(C)C)c1. The molecule has 0 atom stereocenters. The first kappa shape index (κ1) is 17.6. The van der Waals surface area contributed by atoms with Crippen molar-refractivity contribution in [2.45, 2.75) is 67.7 Å². The topological polar surface area (TPSA) is 0 Å². The van der Waals surface area contributed by atoms with E-state index in [0.29, 0.717) is 11.8 Å². The molecule has 0 saturated heterocycles. The Hall–Kier alpha value is -0.780. The third kappa shape index (κ3) is 5.34. The van der Waals surface area contributed by atoms with E-state index in [4.69, 9.17) is 0 Å². The van der Waals surface area contributed by atoms with Crippen molar-refractivity contribution in [3.05, 3.63) is 34.9 Å². The van der Waals surface area contributed by atoms with Crippen LogP contribution in [0.25, 0.3) is 0 Å². The molecule has 0 aromatic heterocycles. The van der Waals surface area contributed by atoms with Crippen LogP contribution in [0.1, 0.15) is 77.5 Å². The summed E-state index contributed by atoms with van der Waals surface area (Å²) in [6.07, 6.45) is 0. The number of aryl methyl sites for hydroxylation is 1. The minimum absolute atomic E-state index is 0. The standard InChI is InChI=1S/C13H20.C2H6.CH4/c1-9(2)12-6-11(5)7-13(8-12)10(3)4;1-2;/h6-10H,1-5H3;1-2H3;1H4. The molecule has 0 aliphatic heterocycles. The summed E-state index contributed by atoms with van der Waals surface area (Å²) in [5.74, 6) is 1.27. The van der Waals surface area contributed by atoms with E-state index in [-0.39, 0.29) is 7.43 Å². The molecule has 0 spiro atoms. The molecule has 0 aliphatic carbocycles. The van der Waals surface area contributed by atoms with Gasteiger partial charge < -0.3 is 0 Å². The molecule has 16 heavy (non-hydrogen) atoms. The highest BCUT2D eigenvalue weighted by Gasteiger charge is 2.04. The number of rotatable bonds is 2. The first-order valence-electron chi connectivity index (χ1n) is 6.12. The summed E-state index contributed by atoms with van der Waals surface area (Å²) in [4.78, 5) is 0. The lowest BCUT2D eigenvalue weighted by Crippen LogP contribution is -1.94. The average Bonchev–Trinajstić information content (AvgIpc) is 2.19. The van der Waals surface area contributed by atoms with Crippen LogP contribution in [0.15, 0.2) is 18.2 Å². The molecule has 0 heterocycles. The van der Waals surface area contributed by atoms with E-state index in [1.165, 1.54) is 16.7 Å². The fraction of sp³-hybridized carbons (Fsp3) is 0.625.